The number of halogens is 2. The predicted octanol–water partition coefficient (Wildman–Crippen LogP) is 3.56. The molecule has 0 bridgehead atoms. The minimum atomic E-state index is -0.815. The third-order valence-corrected chi connectivity index (χ3v) is 3.28. The van der Waals surface area contributed by atoms with Gasteiger partial charge in [-0.3, -0.25) is 9.78 Å². The molecule has 0 saturated heterocycles. The molecule has 0 saturated carbocycles. The molecule has 0 atom stereocenters. The fourth-order valence-corrected chi connectivity index (χ4v) is 2.21. The fourth-order valence-electron chi connectivity index (χ4n) is 2.21. The molecule has 4 nitrogen and oxygen atoms in total. The van der Waals surface area contributed by atoms with Crippen molar-refractivity contribution in [2.45, 2.75) is 0 Å². The Morgan fingerprint density at radius 3 is 2.70 bits per heavy atom. The van der Waals surface area contributed by atoms with Gasteiger partial charge in [0.1, 0.15) is 11.6 Å². The van der Waals surface area contributed by atoms with E-state index in [1.54, 1.807) is 12.3 Å². The number of hydrogen-bond donors (Lipinski definition) is 2. The van der Waals surface area contributed by atoms with Crippen LogP contribution in [-0.2, 0) is 4.79 Å². The van der Waals surface area contributed by atoms with Crippen LogP contribution in [0.2, 0.25) is 0 Å². The van der Waals surface area contributed by atoms with E-state index in [-0.39, 0.29) is 12.2 Å². The molecule has 2 N–H and O–H groups in total. The Hall–Kier alpha value is -3.02. The fraction of sp³-hybridized carbons (Fsp3) is 0.0588. The van der Waals surface area contributed by atoms with Gasteiger partial charge in [0.2, 0.25) is 5.91 Å². The maximum absolute atomic E-state index is 13.5. The molecule has 6 heteroatoms. The highest BCUT2D eigenvalue weighted by Crippen LogP contribution is 2.20. The number of carbonyl (C=O) groups is 1. The van der Waals surface area contributed by atoms with Crippen LogP contribution in [0.5, 0.6) is 0 Å². The molecule has 0 unspecified atom stereocenters. The summed E-state index contributed by atoms with van der Waals surface area (Å²) in [7, 11) is 0. The Balaban J connectivity index is 1.69. The number of nitrogens with zero attached hydrogens (tertiary/aromatic N) is 1. The highest BCUT2D eigenvalue weighted by atomic mass is 19.1. The summed E-state index contributed by atoms with van der Waals surface area (Å²) < 4.78 is 26.3. The minimum absolute atomic E-state index is 0.0609. The van der Waals surface area contributed by atoms with Crippen LogP contribution >= 0.6 is 0 Å². The summed E-state index contributed by atoms with van der Waals surface area (Å²) in [6.45, 7) is -0.0630. The molecule has 1 heterocycles. The monoisotopic (exact) mass is 313 g/mol. The molecule has 116 valence electrons. The maximum atomic E-state index is 13.5. The smallest absolute Gasteiger partial charge is 0.243 e. The number of amides is 1. The van der Waals surface area contributed by atoms with Crippen molar-refractivity contribution in [1.82, 2.24) is 4.98 Å². The molecule has 0 aliphatic rings. The van der Waals surface area contributed by atoms with E-state index < -0.39 is 17.5 Å². The maximum Gasteiger partial charge on any atom is 0.243 e. The van der Waals surface area contributed by atoms with Crippen molar-refractivity contribution >= 4 is 28.2 Å². The van der Waals surface area contributed by atoms with Crippen molar-refractivity contribution < 1.29 is 13.6 Å². The number of pyridine rings is 1. The zero-order chi connectivity index (χ0) is 16.2. The van der Waals surface area contributed by atoms with Crippen LogP contribution in [0.4, 0.5) is 20.2 Å². The molecule has 3 rings (SSSR count). The number of nitrogens with one attached hydrogen (secondary N) is 2. The number of hydrogen-bond acceptors (Lipinski definition) is 3. The zero-order valence-corrected chi connectivity index (χ0v) is 12.0. The number of aromatic nitrogens is 1. The van der Waals surface area contributed by atoms with Crippen LogP contribution in [0.15, 0.2) is 54.7 Å². The van der Waals surface area contributed by atoms with Crippen LogP contribution in [0.3, 0.4) is 0 Å². The van der Waals surface area contributed by atoms with Crippen LogP contribution in [0, 0.1) is 11.6 Å². The summed E-state index contributed by atoms with van der Waals surface area (Å²) in [4.78, 5) is 16.2. The zero-order valence-electron chi connectivity index (χ0n) is 12.0. The molecule has 1 amide bonds. The van der Waals surface area contributed by atoms with E-state index in [1.165, 1.54) is 6.07 Å². The van der Waals surface area contributed by atoms with Gasteiger partial charge in [-0.1, -0.05) is 18.2 Å². The predicted molar refractivity (Wildman–Crippen MR) is 85.2 cm³/mol. The summed E-state index contributed by atoms with van der Waals surface area (Å²) in [6, 6.07) is 12.3. The number of fused-ring (bicyclic) bond motifs is 1. The van der Waals surface area contributed by atoms with Crippen LogP contribution < -0.4 is 10.6 Å². The third kappa shape index (κ3) is 3.42. The number of para-hydroxylation sites is 1. The van der Waals surface area contributed by atoms with Crippen molar-refractivity contribution in [3.05, 3.63) is 66.4 Å². The highest BCUT2D eigenvalue weighted by Gasteiger charge is 2.09. The normalized spacial score (nSPS) is 10.5. The number of carbonyl (C=O) groups excluding carboxylic acids is 1. The third-order valence-electron chi connectivity index (χ3n) is 3.28. The SMILES string of the molecule is O=C(CNc1cccc2cccnc12)Nc1ccc(F)cc1F. The van der Waals surface area contributed by atoms with E-state index in [0.29, 0.717) is 5.69 Å². The lowest BCUT2D eigenvalue weighted by atomic mass is 10.2. The number of anilines is 2. The lowest BCUT2D eigenvalue weighted by Crippen LogP contribution is -2.22. The van der Waals surface area contributed by atoms with Crippen molar-refractivity contribution in [2.24, 2.45) is 0 Å². The van der Waals surface area contributed by atoms with E-state index in [2.05, 4.69) is 15.6 Å². The van der Waals surface area contributed by atoms with Gasteiger partial charge in [-0.15, -0.1) is 0 Å². The first-order valence-corrected chi connectivity index (χ1v) is 6.96. The first-order chi connectivity index (χ1) is 11.1. The van der Waals surface area contributed by atoms with Gasteiger partial charge in [-0.2, -0.15) is 0 Å². The highest BCUT2D eigenvalue weighted by molar-refractivity contribution is 5.96. The van der Waals surface area contributed by atoms with E-state index in [9.17, 15) is 13.6 Å². The second-order valence-corrected chi connectivity index (χ2v) is 4.91. The Morgan fingerprint density at radius 1 is 1.04 bits per heavy atom. The van der Waals surface area contributed by atoms with E-state index in [0.717, 1.165) is 23.0 Å². The second kappa shape index (κ2) is 6.39. The topological polar surface area (TPSA) is 54.0 Å². The Labute approximate surface area is 131 Å². The largest absolute Gasteiger partial charge is 0.374 e. The van der Waals surface area contributed by atoms with Gasteiger partial charge in [-0.25, -0.2) is 8.78 Å². The van der Waals surface area contributed by atoms with E-state index >= 15 is 0 Å². The first-order valence-electron chi connectivity index (χ1n) is 6.96. The lowest BCUT2D eigenvalue weighted by molar-refractivity contribution is -0.114. The summed E-state index contributed by atoms with van der Waals surface area (Å²) in [6.07, 6.45) is 1.67. The van der Waals surface area contributed by atoms with Gasteiger partial charge in [0.15, 0.2) is 0 Å². The molecular weight excluding hydrogens is 300 g/mol. The van der Waals surface area contributed by atoms with Crippen molar-refractivity contribution in [3.63, 3.8) is 0 Å². The molecule has 23 heavy (non-hydrogen) atoms. The van der Waals surface area contributed by atoms with Gasteiger partial charge in [0.25, 0.3) is 0 Å². The molecule has 0 aliphatic carbocycles. The van der Waals surface area contributed by atoms with Crippen molar-refractivity contribution in [1.29, 1.82) is 0 Å². The van der Waals surface area contributed by atoms with Crippen molar-refractivity contribution in [3.8, 4) is 0 Å². The Morgan fingerprint density at radius 2 is 1.87 bits per heavy atom. The van der Waals surface area contributed by atoms with Gasteiger partial charge >= 0.3 is 0 Å². The van der Waals surface area contributed by atoms with Crippen LogP contribution in [0.1, 0.15) is 0 Å². The molecule has 0 spiro atoms. The molecule has 0 aliphatic heterocycles. The first kappa shape index (κ1) is 14.9. The van der Waals surface area contributed by atoms with E-state index in [1.807, 2.05) is 24.3 Å². The van der Waals surface area contributed by atoms with Crippen LogP contribution in [-0.4, -0.2) is 17.4 Å². The van der Waals surface area contributed by atoms with Gasteiger partial charge in [0.05, 0.1) is 23.4 Å². The van der Waals surface area contributed by atoms with Gasteiger partial charge < -0.3 is 10.6 Å². The molecule has 1 aromatic heterocycles. The van der Waals surface area contributed by atoms with Gasteiger partial charge in [-0.05, 0) is 24.3 Å². The molecule has 2 aromatic carbocycles. The lowest BCUT2D eigenvalue weighted by Gasteiger charge is -2.10. The quantitative estimate of drug-likeness (QED) is 0.774. The summed E-state index contributed by atoms with van der Waals surface area (Å²) in [5.74, 6) is -1.95. The summed E-state index contributed by atoms with van der Waals surface area (Å²) in [5, 5.41) is 6.31. The minimum Gasteiger partial charge on any atom is -0.374 e. The van der Waals surface area contributed by atoms with Crippen molar-refractivity contribution in [2.75, 3.05) is 17.2 Å². The summed E-state index contributed by atoms with van der Waals surface area (Å²) >= 11 is 0. The average molecular weight is 313 g/mol. The average Bonchev–Trinajstić information content (AvgIpc) is 2.55. The Kier molecular flexibility index (Phi) is 4.14. The van der Waals surface area contributed by atoms with Gasteiger partial charge in [0, 0.05) is 17.6 Å². The summed E-state index contributed by atoms with van der Waals surface area (Å²) in [5.41, 5.74) is 1.39. The number of benzene rings is 2. The standard InChI is InChI=1S/C17H13F2N3O/c18-12-6-7-14(13(19)9-12)22-16(23)10-21-15-5-1-3-11-4-2-8-20-17(11)15/h1-9,21H,10H2,(H,22,23). The second-order valence-electron chi connectivity index (χ2n) is 4.91. The molecule has 3 aromatic rings. The molecular formula is C17H13F2N3O. The number of rotatable bonds is 4. The van der Waals surface area contributed by atoms with E-state index in [4.69, 9.17) is 0 Å². The molecule has 0 fully saturated rings. The molecule has 0 radical (unpaired) electrons. The Bertz CT molecular complexity index is 862. The van der Waals surface area contributed by atoms with Crippen LogP contribution in [0.25, 0.3) is 10.9 Å².